The van der Waals surface area contributed by atoms with Gasteiger partial charge in [-0.1, -0.05) is 11.6 Å². The molecule has 0 aliphatic heterocycles. The number of aryl methyl sites for hydroxylation is 1. The number of fused-ring (bicyclic) bond motifs is 1. The van der Waals surface area contributed by atoms with Gasteiger partial charge in [0.2, 0.25) is 5.91 Å². The molecule has 1 heterocycles. The number of benzene rings is 1. The summed E-state index contributed by atoms with van der Waals surface area (Å²) < 4.78 is 0. The van der Waals surface area contributed by atoms with Crippen molar-refractivity contribution in [2.45, 2.75) is 25.2 Å². The van der Waals surface area contributed by atoms with E-state index in [-0.39, 0.29) is 17.6 Å². The zero-order valence-electron chi connectivity index (χ0n) is 10.7. The third-order valence-corrected chi connectivity index (χ3v) is 4.89. The quantitative estimate of drug-likeness (QED) is 0.818. The maximum absolute atomic E-state index is 12.4. The van der Waals surface area contributed by atoms with E-state index in [1.54, 1.807) is 17.4 Å². The highest BCUT2D eigenvalue weighted by atomic mass is 35.5. The highest BCUT2D eigenvalue weighted by Crippen LogP contribution is 2.36. The second-order valence-electron chi connectivity index (χ2n) is 4.90. The molecule has 1 aliphatic rings. The first kappa shape index (κ1) is 13.5. The molecule has 3 nitrogen and oxygen atoms in total. The molecule has 1 unspecified atom stereocenters. The fourth-order valence-electron chi connectivity index (χ4n) is 2.58. The first-order valence-corrected chi connectivity index (χ1v) is 7.76. The molecule has 1 aromatic carbocycles. The number of phenolic OH excluding ortho intramolecular Hbond substituents is 1. The third kappa shape index (κ3) is 2.53. The van der Waals surface area contributed by atoms with E-state index in [4.69, 9.17) is 11.6 Å². The Morgan fingerprint density at radius 2 is 2.25 bits per heavy atom. The molecule has 2 aromatic rings. The fourth-order valence-corrected chi connectivity index (χ4v) is 3.79. The van der Waals surface area contributed by atoms with E-state index in [2.05, 4.69) is 5.32 Å². The van der Waals surface area contributed by atoms with E-state index in [0.29, 0.717) is 10.7 Å². The summed E-state index contributed by atoms with van der Waals surface area (Å²) in [6.45, 7) is 0. The Kier molecular flexibility index (Phi) is 3.68. The van der Waals surface area contributed by atoms with E-state index < -0.39 is 0 Å². The monoisotopic (exact) mass is 307 g/mol. The van der Waals surface area contributed by atoms with Crippen molar-refractivity contribution in [3.8, 4) is 5.75 Å². The summed E-state index contributed by atoms with van der Waals surface area (Å²) in [6.07, 6.45) is 2.97. The molecule has 0 saturated carbocycles. The van der Waals surface area contributed by atoms with Crippen molar-refractivity contribution < 1.29 is 9.90 Å². The van der Waals surface area contributed by atoms with Gasteiger partial charge >= 0.3 is 0 Å². The predicted molar refractivity (Wildman–Crippen MR) is 81.7 cm³/mol. The Morgan fingerprint density at radius 1 is 1.40 bits per heavy atom. The molecular weight excluding hydrogens is 294 g/mol. The number of phenols is 1. The second-order valence-corrected chi connectivity index (χ2v) is 6.31. The molecule has 1 atom stereocenters. The SMILES string of the molecule is O=C(Nc1ccc(O)cc1Cl)C1CCCc2sccc21. The van der Waals surface area contributed by atoms with Crippen LogP contribution in [-0.2, 0) is 11.2 Å². The van der Waals surface area contributed by atoms with Crippen LogP contribution in [0.2, 0.25) is 5.02 Å². The highest BCUT2D eigenvalue weighted by Gasteiger charge is 2.27. The molecule has 2 N–H and O–H groups in total. The van der Waals surface area contributed by atoms with E-state index in [9.17, 15) is 9.90 Å². The lowest BCUT2D eigenvalue weighted by atomic mass is 9.87. The minimum absolute atomic E-state index is 0.0306. The summed E-state index contributed by atoms with van der Waals surface area (Å²) in [4.78, 5) is 13.8. The van der Waals surface area contributed by atoms with E-state index in [1.165, 1.54) is 17.0 Å². The number of anilines is 1. The Morgan fingerprint density at radius 3 is 3.05 bits per heavy atom. The van der Waals surface area contributed by atoms with Crippen molar-refractivity contribution in [3.05, 3.63) is 45.1 Å². The lowest BCUT2D eigenvalue weighted by molar-refractivity contribution is -0.117. The van der Waals surface area contributed by atoms with Crippen LogP contribution < -0.4 is 5.32 Å². The van der Waals surface area contributed by atoms with Gasteiger partial charge in [0, 0.05) is 10.9 Å². The van der Waals surface area contributed by atoms with E-state index in [0.717, 1.165) is 24.8 Å². The molecule has 3 rings (SSSR count). The standard InChI is InChI=1S/C15H14ClNO2S/c16-12-8-9(18)4-5-13(12)17-15(19)11-2-1-3-14-10(11)6-7-20-14/h4-8,11,18H,1-3H2,(H,17,19). The largest absolute Gasteiger partial charge is 0.508 e. The van der Waals surface area contributed by atoms with Gasteiger partial charge in [0.1, 0.15) is 5.75 Å². The molecule has 5 heteroatoms. The van der Waals surface area contributed by atoms with Gasteiger partial charge in [-0.25, -0.2) is 0 Å². The first-order chi connectivity index (χ1) is 9.65. The fraction of sp³-hybridized carbons (Fsp3) is 0.267. The van der Waals surface area contributed by atoms with Crippen LogP contribution in [-0.4, -0.2) is 11.0 Å². The molecule has 0 bridgehead atoms. The van der Waals surface area contributed by atoms with Crippen LogP contribution in [0.4, 0.5) is 5.69 Å². The highest BCUT2D eigenvalue weighted by molar-refractivity contribution is 7.10. The van der Waals surface area contributed by atoms with Gasteiger partial charge in [-0.15, -0.1) is 11.3 Å². The minimum atomic E-state index is -0.102. The number of carbonyl (C=O) groups is 1. The van der Waals surface area contributed by atoms with E-state index >= 15 is 0 Å². The van der Waals surface area contributed by atoms with Crippen LogP contribution in [0.3, 0.4) is 0 Å². The molecule has 0 radical (unpaired) electrons. The molecule has 1 aliphatic carbocycles. The van der Waals surface area contributed by atoms with Gasteiger partial charge in [-0.3, -0.25) is 4.79 Å². The number of hydrogen-bond donors (Lipinski definition) is 2. The van der Waals surface area contributed by atoms with Crippen molar-refractivity contribution in [3.63, 3.8) is 0 Å². The summed E-state index contributed by atoms with van der Waals surface area (Å²) in [5, 5.41) is 14.6. The van der Waals surface area contributed by atoms with Gasteiger partial charge in [0.15, 0.2) is 0 Å². The Balaban J connectivity index is 1.81. The summed E-state index contributed by atoms with van der Waals surface area (Å²) in [6, 6.07) is 6.60. The maximum atomic E-state index is 12.4. The molecule has 1 aromatic heterocycles. The normalized spacial score (nSPS) is 17.6. The number of thiophene rings is 1. The number of nitrogens with one attached hydrogen (secondary N) is 1. The Hall–Kier alpha value is -1.52. The van der Waals surface area contributed by atoms with Crippen LogP contribution in [0.1, 0.15) is 29.2 Å². The second kappa shape index (κ2) is 5.46. The Bertz CT molecular complexity index is 653. The summed E-state index contributed by atoms with van der Waals surface area (Å²) in [7, 11) is 0. The average Bonchev–Trinajstić information content (AvgIpc) is 2.90. The van der Waals surface area contributed by atoms with Gasteiger partial charge in [-0.05, 0) is 48.4 Å². The molecule has 20 heavy (non-hydrogen) atoms. The molecule has 0 saturated heterocycles. The summed E-state index contributed by atoms with van der Waals surface area (Å²) in [5.41, 5.74) is 1.69. The lowest BCUT2D eigenvalue weighted by Gasteiger charge is -2.22. The lowest BCUT2D eigenvalue weighted by Crippen LogP contribution is -2.23. The molecule has 104 valence electrons. The molecule has 0 fully saturated rings. The van der Waals surface area contributed by atoms with Crippen molar-refractivity contribution in [1.82, 2.24) is 0 Å². The third-order valence-electron chi connectivity index (χ3n) is 3.58. The number of aromatic hydroxyl groups is 1. The zero-order chi connectivity index (χ0) is 14.1. The van der Waals surface area contributed by atoms with Crippen LogP contribution in [0, 0.1) is 0 Å². The van der Waals surface area contributed by atoms with Crippen molar-refractivity contribution in [1.29, 1.82) is 0 Å². The molecule has 0 spiro atoms. The smallest absolute Gasteiger partial charge is 0.231 e. The zero-order valence-corrected chi connectivity index (χ0v) is 12.3. The van der Waals surface area contributed by atoms with Gasteiger partial charge in [0.25, 0.3) is 0 Å². The summed E-state index contributed by atoms with van der Waals surface area (Å²) >= 11 is 7.74. The van der Waals surface area contributed by atoms with Crippen LogP contribution >= 0.6 is 22.9 Å². The van der Waals surface area contributed by atoms with Crippen LogP contribution in [0.5, 0.6) is 5.75 Å². The Labute approximate surface area is 126 Å². The summed E-state index contributed by atoms with van der Waals surface area (Å²) in [5.74, 6) is -0.0439. The molecular formula is C15H14ClNO2S. The van der Waals surface area contributed by atoms with Crippen molar-refractivity contribution in [2.75, 3.05) is 5.32 Å². The number of hydrogen-bond acceptors (Lipinski definition) is 3. The minimum Gasteiger partial charge on any atom is -0.508 e. The first-order valence-electron chi connectivity index (χ1n) is 6.51. The van der Waals surface area contributed by atoms with Crippen molar-refractivity contribution in [2.24, 2.45) is 0 Å². The predicted octanol–water partition coefficient (Wildman–Crippen LogP) is 4.17. The number of rotatable bonds is 2. The van der Waals surface area contributed by atoms with Crippen molar-refractivity contribution >= 4 is 34.5 Å². The van der Waals surface area contributed by atoms with Crippen LogP contribution in [0.25, 0.3) is 0 Å². The van der Waals surface area contributed by atoms with E-state index in [1.807, 2.05) is 11.4 Å². The number of carbonyl (C=O) groups excluding carboxylic acids is 1. The van der Waals surface area contributed by atoms with Gasteiger partial charge in [0.05, 0.1) is 16.6 Å². The topological polar surface area (TPSA) is 49.3 Å². The molecule has 1 amide bonds. The van der Waals surface area contributed by atoms with Crippen LogP contribution in [0.15, 0.2) is 29.6 Å². The van der Waals surface area contributed by atoms with Gasteiger partial charge < -0.3 is 10.4 Å². The van der Waals surface area contributed by atoms with Gasteiger partial charge in [-0.2, -0.15) is 0 Å². The number of amides is 1. The average molecular weight is 308 g/mol. The number of halogens is 1. The maximum Gasteiger partial charge on any atom is 0.231 e.